The SMILES string of the molecule is NOC(c1ccc(F)cc1)C1CCN(C(=O)O)CC1. The molecule has 0 spiro atoms. The van der Waals surface area contributed by atoms with Crippen LogP contribution in [0.4, 0.5) is 9.18 Å². The highest BCUT2D eigenvalue weighted by molar-refractivity contribution is 5.64. The van der Waals surface area contributed by atoms with Gasteiger partial charge in [-0.25, -0.2) is 15.1 Å². The average molecular weight is 268 g/mol. The predicted octanol–water partition coefficient (Wildman–Crippen LogP) is 2.15. The van der Waals surface area contributed by atoms with Gasteiger partial charge < -0.3 is 10.0 Å². The molecule has 1 amide bonds. The number of carboxylic acid groups (broad SMARTS) is 1. The molecule has 1 aromatic carbocycles. The number of hydrogen-bond acceptors (Lipinski definition) is 3. The van der Waals surface area contributed by atoms with E-state index in [1.165, 1.54) is 17.0 Å². The maximum Gasteiger partial charge on any atom is 0.407 e. The Morgan fingerprint density at radius 3 is 2.42 bits per heavy atom. The maximum absolute atomic E-state index is 12.9. The molecule has 6 heteroatoms. The largest absolute Gasteiger partial charge is 0.465 e. The van der Waals surface area contributed by atoms with Crippen LogP contribution in [0.3, 0.4) is 0 Å². The van der Waals surface area contributed by atoms with Crippen molar-refractivity contribution in [3.63, 3.8) is 0 Å². The van der Waals surface area contributed by atoms with Gasteiger partial charge in [-0.2, -0.15) is 0 Å². The Bertz CT molecular complexity index is 430. The van der Waals surface area contributed by atoms with Gasteiger partial charge in [-0.05, 0) is 36.5 Å². The lowest BCUT2D eigenvalue weighted by molar-refractivity contribution is -0.0112. The Morgan fingerprint density at radius 1 is 1.37 bits per heavy atom. The van der Waals surface area contributed by atoms with Crippen molar-refractivity contribution < 1.29 is 19.1 Å². The molecule has 1 saturated heterocycles. The van der Waals surface area contributed by atoms with Crippen LogP contribution in [0.1, 0.15) is 24.5 Å². The van der Waals surface area contributed by atoms with Crippen LogP contribution < -0.4 is 5.90 Å². The second-order valence-electron chi connectivity index (χ2n) is 4.72. The molecule has 19 heavy (non-hydrogen) atoms. The van der Waals surface area contributed by atoms with Crippen molar-refractivity contribution in [3.8, 4) is 0 Å². The smallest absolute Gasteiger partial charge is 0.407 e. The highest BCUT2D eigenvalue weighted by Gasteiger charge is 2.29. The molecule has 0 aromatic heterocycles. The minimum Gasteiger partial charge on any atom is -0.465 e. The fourth-order valence-electron chi connectivity index (χ4n) is 2.51. The summed E-state index contributed by atoms with van der Waals surface area (Å²) >= 11 is 0. The van der Waals surface area contributed by atoms with Gasteiger partial charge in [0.05, 0.1) is 0 Å². The van der Waals surface area contributed by atoms with Crippen LogP contribution in [0.15, 0.2) is 24.3 Å². The van der Waals surface area contributed by atoms with Gasteiger partial charge in [0.15, 0.2) is 0 Å². The number of nitrogens with zero attached hydrogens (tertiary/aromatic N) is 1. The third-order valence-corrected chi connectivity index (χ3v) is 3.58. The third kappa shape index (κ3) is 3.21. The zero-order chi connectivity index (χ0) is 13.8. The number of likely N-dealkylation sites (tertiary alicyclic amines) is 1. The second kappa shape index (κ2) is 5.99. The van der Waals surface area contributed by atoms with Crippen LogP contribution in [0, 0.1) is 11.7 Å². The molecule has 0 radical (unpaired) electrons. The molecule has 1 fully saturated rings. The fraction of sp³-hybridized carbons (Fsp3) is 0.462. The van der Waals surface area contributed by atoms with E-state index in [-0.39, 0.29) is 17.8 Å². The van der Waals surface area contributed by atoms with Gasteiger partial charge in [-0.1, -0.05) is 12.1 Å². The van der Waals surface area contributed by atoms with E-state index in [2.05, 4.69) is 0 Å². The standard InChI is InChI=1S/C13H17FN2O3/c14-11-3-1-9(2-4-11)12(19-15)10-5-7-16(8-6-10)13(17)18/h1-4,10,12H,5-8,15H2,(H,17,18). The highest BCUT2D eigenvalue weighted by Crippen LogP contribution is 2.32. The first-order valence-corrected chi connectivity index (χ1v) is 6.20. The molecule has 3 N–H and O–H groups in total. The van der Waals surface area contributed by atoms with E-state index in [0.717, 1.165) is 5.56 Å². The lowest BCUT2D eigenvalue weighted by Crippen LogP contribution is -2.39. The van der Waals surface area contributed by atoms with Crippen molar-refractivity contribution >= 4 is 6.09 Å². The van der Waals surface area contributed by atoms with Crippen molar-refractivity contribution in [1.29, 1.82) is 0 Å². The number of halogens is 1. The van der Waals surface area contributed by atoms with Gasteiger partial charge in [-0.3, -0.25) is 4.84 Å². The minimum absolute atomic E-state index is 0.145. The Labute approximate surface area is 110 Å². The summed E-state index contributed by atoms with van der Waals surface area (Å²) in [5.74, 6) is 5.18. The highest BCUT2D eigenvalue weighted by atomic mass is 19.1. The molecule has 0 aliphatic carbocycles. The number of nitrogens with two attached hydrogens (primary N) is 1. The third-order valence-electron chi connectivity index (χ3n) is 3.58. The number of hydrogen-bond donors (Lipinski definition) is 2. The quantitative estimate of drug-likeness (QED) is 0.823. The maximum atomic E-state index is 12.9. The van der Waals surface area contributed by atoms with Crippen molar-refractivity contribution in [2.45, 2.75) is 18.9 Å². The molecule has 104 valence electrons. The Kier molecular flexibility index (Phi) is 4.34. The normalized spacial score (nSPS) is 18.3. The van der Waals surface area contributed by atoms with E-state index >= 15 is 0 Å². The van der Waals surface area contributed by atoms with E-state index in [0.29, 0.717) is 25.9 Å². The monoisotopic (exact) mass is 268 g/mol. The lowest BCUT2D eigenvalue weighted by atomic mass is 9.87. The molecule has 1 heterocycles. The van der Waals surface area contributed by atoms with Crippen LogP contribution in [-0.4, -0.2) is 29.2 Å². The average Bonchev–Trinajstić information content (AvgIpc) is 2.42. The van der Waals surface area contributed by atoms with Gasteiger partial charge in [0.2, 0.25) is 0 Å². The van der Waals surface area contributed by atoms with E-state index in [1.807, 2.05) is 0 Å². The second-order valence-corrected chi connectivity index (χ2v) is 4.72. The first-order valence-electron chi connectivity index (χ1n) is 6.20. The molecule has 0 bridgehead atoms. The van der Waals surface area contributed by atoms with E-state index in [1.54, 1.807) is 12.1 Å². The Morgan fingerprint density at radius 2 is 1.95 bits per heavy atom. The van der Waals surface area contributed by atoms with E-state index in [4.69, 9.17) is 15.8 Å². The predicted molar refractivity (Wildman–Crippen MR) is 66.7 cm³/mol. The number of amides is 1. The molecular formula is C13H17FN2O3. The number of benzene rings is 1. The lowest BCUT2D eigenvalue weighted by Gasteiger charge is -2.33. The summed E-state index contributed by atoms with van der Waals surface area (Å²) in [4.78, 5) is 17.2. The number of carbonyl (C=O) groups is 1. The molecule has 2 rings (SSSR count). The van der Waals surface area contributed by atoms with Crippen LogP contribution in [0.5, 0.6) is 0 Å². The molecule has 1 aliphatic rings. The van der Waals surface area contributed by atoms with Gasteiger partial charge in [0.1, 0.15) is 11.9 Å². The first kappa shape index (κ1) is 13.8. The molecule has 1 aromatic rings. The minimum atomic E-state index is -0.898. The van der Waals surface area contributed by atoms with Crippen LogP contribution in [0.25, 0.3) is 0 Å². The summed E-state index contributed by atoms with van der Waals surface area (Å²) < 4.78 is 12.9. The molecule has 1 aliphatic heterocycles. The summed E-state index contributed by atoms with van der Waals surface area (Å²) in [5, 5.41) is 8.90. The summed E-state index contributed by atoms with van der Waals surface area (Å²) in [7, 11) is 0. The van der Waals surface area contributed by atoms with Crippen molar-refractivity contribution in [2.75, 3.05) is 13.1 Å². The summed E-state index contributed by atoms with van der Waals surface area (Å²) in [6.07, 6.45) is 0.152. The summed E-state index contributed by atoms with van der Waals surface area (Å²) in [5.41, 5.74) is 0.817. The summed E-state index contributed by atoms with van der Waals surface area (Å²) in [6, 6.07) is 6.04. The van der Waals surface area contributed by atoms with Gasteiger partial charge in [0.25, 0.3) is 0 Å². The van der Waals surface area contributed by atoms with E-state index < -0.39 is 6.09 Å². The Hall–Kier alpha value is -1.66. The van der Waals surface area contributed by atoms with Crippen LogP contribution in [-0.2, 0) is 4.84 Å². The first-order chi connectivity index (χ1) is 9.11. The molecular weight excluding hydrogens is 251 g/mol. The van der Waals surface area contributed by atoms with Gasteiger partial charge >= 0.3 is 6.09 Å². The van der Waals surface area contributed by atoms with E-state index in [9.17, 15) is 9.18 Å². The summed E-state index contributed by atoms with van der Waals surface area (Å²) in [6.45, 7) is 0.947. The number of rotatable bonds is 3. The zero-order valence-corrected chi connectivity index (χ0v) is 10.5. The zero-order valence-electron chi connectivity index (χ0n) is 10.5. The van der Waals surface area contributed by atoms with Gasteiger partial charge in [-0.15, -0.1) is 0 Å². The fourth-order valence-corrected chi connectivity index (χ4v) is 2.51. The molecule has 5 nitrogen and oxygen atoms in total. The van der Waals surface area contributed by atoms with Crippen LogP contribution in [0.2, 0.25) is 0 Å². The number of piperidine rings is 1. The van der Waals surface area contributed by atoms with Gasteiger partial charge in [0, 0.05) is 13.1 Å². The van der Waals surface area contributed by atoms with Crippen LogP contribution >= 0.6 is 0 Å². The van der Waals surface area contributed by atoms with Crippen molar-refractivity contribution in [2.24, 2.45) is 11.8 Å². The Balaban J connectivity index is 2.03. The van der Waals surface area contributed by atoms with Crippen molar-refractivity contribution in [1.82, 2.24) is 4.90 Å². The van der Waals surface area contributed by atoms with Crippen molar-refractivity contribution in [3.05, 3.63) is 35.6 Å². The molecule has 1 unspecified atom stereocenters. The molecule has 1 atom stereocenters. The topological polar surface area (TPSA) is 75.8 Å². The molecule has 0 saturated carbocycles.